The zero-order valence-corrected chi connectivity index (χ0v) is 25.6. The SMILES string of the molecule is CCOC(=O)C1=C(O)/C(=C/c2cn(CC(=O)N3CCCC[C@H]3C)c3ccc(Br)cc23)SC1=Nc1ccc(OC)cc1. The number of aliphatic imine (C=N–C) groups is 1. The number of esters is 1. The average molecular weight is 639 g/mol. The number of methoxy groups -OCH3 is 1. The van der Waals surface area contributed by atoms with E-state index in [9.17, 15) is 14.7 Å². The quantitative estimate of drug-likeness (QED) is 0.280. The second kappa shape index (κ2) is 12.6. The van der Waals surface area contributed by atoms with Crippen LogP contribution in [0.5, 0.6) is 5.75 Å². The normalized spacial score (nSPS) is 19.4. The van der Waals surface area contributed by atoms with E-state index < -0.39 is 5.97 Å². The van der Waals surface area contributed by atoms with Crippen molar-refractivity contribution in [3.8, 4) is 5.75 Å². The van der Waals surface area contributed by atoms with Crippen LogP contribution < -0.4 is 4.74 Å². The van der Waals surface area contributed by atoms with Gasteiger partial charge in [-0.3, -0.25) is 4.79 Å². The minimum Gasteiger partial charge on any atom is -0.506 e. The van der Waals surface area contributed by atoms with Crippen molar-refractivity contribution in [3.05, 3.63) is 74.9 Å². The van der Waals surface area contributed by atoms with Crippen LogP contribution in [0.2, 0.25) is 0 Å². The number of rotatable bonds is 7. The Morgan fingerprint density at radius 1 is 1.20 bits per heavy atom. The molecule has 0 unspecified atom stereocenters. The zero-order valence-electron chi connectivity index (χ0n) is 23.2. The summed E-state index contributed by atoms with van der Waals surface area (Å²) in [4.78, 5) is 33.2. The molecule has 5 rings (SSSR count). The Kier molecular flexibility index (Phi) is 8.89. The first-order valence-electron chi connectivity index (χ1n) is 13.6. The number of nitrogens with zero attached hydrogens (tertiary/aromatic N) is 3. The number of fused-ring (bicyclic) bond motifs is 1. The van der Waals surface area contributed by atoms with Crippen LogP contribution in [-0.4, -0.2) is 57.8 Å². The second-order valence-corrected chi connectivity index (χ2v) is 11.9. The van der Waals surface area contributed by atoms with Gasteiger partial charge in [-0.15, -0.1) is 0 Å². The molecule has 1 amide bonds. The maximum absolute atomic E-state index is 13.3. The lowest BCUT2D eigenvalue weighted by molar-refractivity contribution is -0.138. The van der Waals surface area contributed by atoms with Crippen LogP contribution in [-0.2, 0) is 20.9 Å². The number of carbonyl (C=O) groups is 2. The molecule has 1 N–H and O–H groups in total. The lowest BCUT2D eigenvalue weighted by atomic mass is 10.0. The number of aliphatic hydroxyl groups excluding tert-OH is 1. The Morgan fingerprint density at radius 2 is 1.98 bits per heavy atom. The fourth-order valence-electron chi connectivity index (χ4n) is 5.15. The van der Waals surface area contributed by atoms with Crippen molar-refractivity contribution < 1.29 is 24.2 Å². The summed E-state index contributed by atoms with van der Waals surface area (Å²) >= 11 is 4.76. The van der Waals surface area contributed by atoms with Gasteiger partial charge in [0, 0.05) is 39.7 Å². The van der Waals surface area contributed by atoms with Crippen LogP contribution in [0, 0.1) is 0 Å². The smallest absolute Gasteiger partial charge is 0.344 e. The predicted octanol–water partition coefficient (Wildman–Crippen LogP) is 7.01. The van der Waals surface area contributed by atoms with E-state index in [1.54, 1.807) is 38.3 Å². The molecule has 1 atom stereocenters. The highest BCUT2D eigenvalue weighted by Gasteiger charge is 2.33. The van der Waals surface area contributed by atoms with Crippen molar-refractivity contribution >= 4 is 67.3 Å². The van der Waals surface area contributed by atoms with Crippen molar-refractivity contribution in [3.63, 3.8) is 0 Å². The number of ether oxygens (including phenoxy) is 2. The number of thioether (sulfide) groups is 1. The number of hydrogen-bond acceptors (Lipinski definition) is 7. The molecule has 10 heteroatoms. The maximum atomic E-state index is 13.3. The number of piperidine rings is 1. The first-order chi connectivity index (χ1) is 19.8. The molecular formula is C31H32BrN3O5S. The molecule has 8 nitrogen and oxygen atoms in total. The number of carbonyl (C=O) groups excluding carboxylic acids is 2. The minimum atomic E-state index is -0.639. The molecular weight excluding hydrogens is 606 g/mol. The molecule has 0 aliphatic carbocycles. The predicted molar refractivity (Wildman–Crippen MR) is 167 cm³/mol. The summed E-state index contributed by atoms with van der Waals surface area (Å²) in [6, 6.07) is 13.3. The van der Waals surface area contributed by atoms with Crippen molar-refractivity contribution in [2.75, 3.05) is 20.3 Å². The number of amides is 1. The fraction of sp³-hybridized carbons (Fsp3) is 0.323. The first kappa shape index (κ1) is 29.0. The van der Waals surface area contributed by atoms with Crippen molar-refractivity contribution in [2.45, 2.75) is 45.7 Å². The van der Waals surface area contributed by atoms with Gasteiger partial charge in [0.05, 0.1) is 24.3 Å². The summed E-state index contributed by atoms with van der Waals surface area (Å²) in [5.74, 6) is -0.0458. The van der Waals surface area contributed by atoms with Gasteiger partial charge in [-0.2, -0.15) is 0 Å². The van der Waals surface area contributed by atoms with Crippen molar-refractivity contribution in [2.24, 2.45) is 4.99 Å². The van der Waals surface area contributed by atoms with Crippen LogP contribution in [0.25, 0.3) is 17.0 Å². The largest absolute Gasteiger partial charge is 0.506 e. The molecule has 2 aromatic carbocycles. The molecule has 1 saturated heterocycles. The van der Waals surface area contributed by atoms with Gasteiger partial charge in [-0.05, 0) is 81.7 Å². The number of halogens is 1. The summed E-state index contributed by atoms with van der Waals surface area (Å²) in [5.41, 5.74) is 2.35. The molecule has 214 valence electrons. The summed E-state index contributed by atoms with van der Waals surface area (Å²) in [5, 5.41) is 12.5. The van der Waals surface area contributed by atoms with Crippen LogP contribution in [0.3, 0.4) is 0 Å². The number of aliphatic hydroxyl groups is 1. The van der Waals surface area contributed by atoms with Gasteiger partial charge in [-0.1, -0.05) is 27.7 Å². The van der Waals surface area contributed by atoms with Crippen LogP contribution >= 0.6 is 27.7 Å². The minimum absolute atomic E-state index is 0.0260. The molecule has 0 bridgehead atoms. The molecule has 2 aliphatic rings. The Balaban J connectivity index is 1.53. The number of likely N-dealkylation sites (tertiary alicyclic amines) is 1. The van der Waals surface area contributed by atoms with E-state index in [1.807, 2.05) is 39.9 Å². The van der Waals surface area contributed by atoms with Gasteiger partial charge >= 0.3 is 5.97 Å². The molecule has 0 radical (unpaired) electrons. The second-order valence-electron chi connectivity index (χ2n) is 9.98. The number of benzene rings is 2. The first-order valence-corrected chi connectivity index (χ1v) is 15.2. The van der Waals surface area contributed by atoms with E-state index >= 15 is 0 Å². The molecule has 3 heterocycles. The molecule has 1 fully saturated rings. The van der Waals surface area contributed by atoms with E-state index in [-0.39, 0.29) is 36.4 Å². The molecule has 2 aliphatic heterocycles. The summed E-state index contributed by atoms with van der Waals surface area (Å²) in [6.45, 7) is 4.99. The monoisotopic (exact) mass is 637 g/mol. The summed E-state index contributed by atoms with van der Waals surface area (Å²) in [7, 11) is 1.59. The number of aromatic nitrogens is 1. The van der Waals surface area contributed by atoms with E-state index in [4.69, 9.17) is 9.47 Å². The Bertz CT molecular complexity index is 1570. The topological polar surface area (TPSA) is 93.4 Å². The van der Waals surface area contributed by atoms with Crippen LogP contribution in [0.15, 0.2) is 74.4 Å². The average Bonchev–Trinajstić information content (AvgIpc) is 3.45. The van der Waals surface area contributed by atoms with Gasteiger partial charge in [0.2, 0.25) is 5.91 Å². The zero-order chi connectivity index (χ0) is 29.1. The van der Waals surface area contributed by atoms with Crippen molar-refractivity contribution in [1.82, 2.24) is 9.47 Å². The van der Waals surface area contributed by atoms with Gasteiger partial charge in [0.1, 0.15) is 28.7 Å². The number of hydrogen-bond donors (Lipinski definition) is 1. The van der Waals surface area contributed by atoms with Gasteiger partial charge in [-0.25, -0.2) is 9.79 Å². The molecule has 1 aromatic heterocycles. The Hall–Kier alpha value is -3.50. The fourth-order valence-corrected chi connectivity index (χ4v) is 6.54. The van der Waals surface area contributed by atoms with E-state index in [2.05, 4.69) is 27.8 Å². The molecule has 3 aromatic rings. The third-order valence-corrected chi connectivity index (χ3v) is 8.78. The van der Waals surface area contributed by atoms with E-state index in [0.717, 1.165) is 46.7 Å². The Labute approximate surface area is 251 Å². The molecule has 41 heavy (non-hydrogen) atoms. The lowest BCUT2D eigenvalue weighted by Gasteiger charge is -2.33. The third-order valence-electron chi connectivity index (χ3n) is 7.26. The molecule has 0 spiro atoms. The summed E-state index contributed by atoms with van der Waals surface area (Å²) in [6.07, 6.45) is 6.95. The molecule has 0 saturated carbocycles. The third kappa shape index (κ3) is 6.23. The van der Waals surface area contributed by atoms with Gasteiger partial charge in [0.15, 0.2) is 0 Å². The maximum Gasteiger partial charge on any atom is 0.344 e. The Morgan fingerprint density at radius 3 is 2.68 bits per heavy atom. The summed E-state index contributed by atoms with van der Waals surface area (Å²) < 4.78 is 13.3. The highest BCUT2D eigenvalue weighted by molar-refractivity contribution is 9.10. The highest BCUT2D eigenvalue weighted by atomic mass is 79.9. The van der Waals surface area contributed by atoms with E-state index in [1.165, 1.54) is 11.8 Å². The van der Waals surface area contributed by atoms with Crippen LogP contribution in [0.4, 0.5) is 5.69 Å². The van der Waals surface area contributed by atoms with Crippen LogP contribution in [0.1, 0.15) is 38.7 Å². The van der Waals surface area contributed by atoms with Gasteiger partial charge in [0.25, 0.3) is 0 Å². The standard InChI is InChI=1S/C31H32BrN3O5S/c1-4-40-31(38)28-29(37)26(41-30(28)33-22-9-11-23(39-3)12-10-22)15-20-17-34(25-13-8-21(32)16-24(20)25)18-27(36)35-14-6-5-7-19(35)2/h8-13,15-17,19,37H,4-7,14,18H2,1-3H3/b26-15-,33-30?/t19-/m1/s1. The highest BCUT2D eigenvalue weighted by Crippen LogP contribution is 2.41. The van der Waals surface area contributed by atoms with Crippen molar-refractivity contribution in [1.29, 1.82) is 0 Å². The lowest BCUT2D eigenvalue weighted by Crippen LogP contribution is -2.43. The van der Waals surface area contributed by atoms with Gasteiger partial charge < -0.3 is 24.0 Å². The van der Waals surface area contributed by atoms with E-state index in [0.29, 0.717) is 21.4 Å².